The molecule has 0 amide bonds. The minimum Gasteiger partial charge on any atom is -0.377 e. The Morgan fingerprint density at radius 3 is 2.58 bits per heavy atom. The van der Waals surface area contributed by atoms with Crippen LogP contribution >= 0.6 is 12.2 Å². The highest BCUT2D eigenvalue weighted by Gasteiger charge is 2.14. The van der Waals surface area contributed by atoms with Gasteiger partial charge in [-0.3, -0.25) is 9.78 Å². The van der Waals surface area contributed by atoms with E-state index in [4.69, 9.17) is 17.5 Å². The molecule has 1 aromatic carbocycles. The smallest absolute Gasteiger partial charge is 0.270 e. The van der Waals surface area contributed by atoms with Gasteiger partial charge in [-0.2, -0.15) is 5.26 Å². The van der Waals surface area contributed by atoms with Crippen molar-refractivity contribution in [1.29, 1.82) is 5.26 Å². The van der Waals surface area contributed by atoms with E-state index in [0.717, 1.165) is 11.3 Å². The maximum absolute atomic E-state index is 11.8. The van der Waals surface area contributed by atoms with E-state index >= 15 is 0 Å². The first kappa shape index (κ1) is 13.1. The van der Waals surface area contributed by atoms with Crippen molar-refractivity contribution < 1.29 is 0 Å². The van der Waals surface area contributed by atoms with Gasteiger partial charge in [0, 0.05) is 25.3 Å². The average molecular weight is 272 g/mol. The number of aromatic amines is 2. The molecule has 0 fully saturated rings. The summed E-state index contributed by atoms with van der Waals surface area (Å²) in [7, 11) is 3.79. The molecule has 2 N–H and O–H groups in total. The van der Waals surface area contributed by atoms with Crippen LogP contribution in [0, 0.1) is 16.1 Å². The zero-order chi connectivity index (χ0) is 14.0. The van der Waals surface area contributed by atoms with Gasteiger partial charge in [-0.25, -0.2) is 0 Å². The number of nitrogens with one attached hydrogen (secondary N) is 2. The number of nitrogens with zero attached hydrogens (tertiary/aromatic N) is 2. The van der Waals surface area contributed by atoms with E-state index in [0.29, 0.717) is 5.69 Å². The standard InChI is InChI=1S/C13H12N4OS/c1-17(2)10-6-4-3-5-8(10)11-9(7-14)12(18)16-13(19)15-11/h3-6H,1-2H3,(H2,15,16,18,19). The van der Waals surface area contributed by atoms with Gasteiger partial charge >= 0.3 is 0 Å². The van der Waals surface area contributed by atoms with Gasteiger partial charge < -0.3 is 9.88 Å². The number of H-pyrrole nitrogens is 2. The monoisotopic (exact) mass is 272 g/mol. The molecule has 5 nitrogen and oxygen atoms in total. The highest BCUT2D eigenvalue weighted by atomic mass is 32.1. The molecule has 0 saturated heterocycles. The van der Waals surface area contributed by atoms with E-state index in [1.807, 2.05) is 49.3 Å². The quantitative estimate of drug-likeness (QED) is 0.820. The molecular formula is C13H12N4OS. The Kier molecular flexibility index (Phi) is 3.49. The minimum absolute atomic E-state index is 0.0305. The molecule has 1 aromatic heterocycles. The molecule has 96 valence electrons. The van der Waals surface area contributed by atoms with E-state index in [-0.39, 0.29) is 10.3 Å². The van der Waals surface area contributed by atoms with E-state index in [2.05, 4.69) is 9.97 Å². The maximum atomic E-state index is 11.8. The van der Waals surface area contributed by atoms with Crippen LogP contribution in [-0.4, -0.2) is 24.1 Å². The fourth-order valence-electron chi connectivity index (χ4n) is 1.87. The molecule has 1 heterocycles. The van der Waals surface area contributed by atoms with E-state index in [1.165, 1.54) is 0 Å². The van der Waals surface area contributed by atoms with Crippen LogP contribution in [0.15, 0.2) is 29.1 Å². The van der Waals surface area contributed by atoms with Crippen molar-refractivity contribution in [3.63, 3.8) is 0 Å². The number of anilines is 1. The summed E-state index contributed by atoms with van der Waals surface area (Å²) in [6, 6.07) is 9.41. The molecule has 6 heteroatoms. The van der Waals surface area contributed by atoms with Crippen molar-refractivity contribution >= 4 is 17.9 Å². The van der Waals surface area contributed by atoms with E-state index in [9.17, 15) is 4.79 Å². The Bertz CT molecular complexity index is 767. The molecule has 0 bridgehead atoms. The lowest BCUT2D eigenvalue weighted by molar-refractivity contribution is 1.07. The number of para-hydroxylation sites is 1. The second-order valence-electron chi connectivity index (χ2n) is 4.18. The van der Waals surface area contributed by atoms with Gasteiger partial charge in [-0.15, -0.1) is 0 Å². The van der Waals surface area contributed by atoms with Crippen molar-refractivity contribution in [3.8, 4) is 17.3 Å². The predicted molar refractivity (Wildman–Crippen MR) is 76.7 cm³/mol. The third-order valence-corrected chi connectivity index (χ3v) is 2.91. The summed E-state index contributed by atoms with van der Waals surface area (Å²) in [4.78, 5) is 19.0. The van der Waals surface area contributed by atoms with Crippen LogP contribution in [0.5, 0.6) is 0 Å². The zero-order valence-electron chi connectivity index (χ0n) is 10.5. The molecule has 0 aliphatic carbocycles. The summed E-state index contributed by atoms with van der Waals surface area (Å²) in [6.07, 6.45) is 0. The molecule has 0 saturated carbocycles. The van der Waals surface area contributed by atoms with Crippen molar-refractivity contribution in [2.24, 2.45) is 0 Å². The summed E-state index contributed by atoms with van der Waals surface area (Å²) < 4.78 is 0.201. The molecule has 0 aliphatic heterocycles. The Balaban J connectivity index is 2.84. The second-order valence-corrected chi connectivity index (χ2v) is 4.59. The van der Waals surface area contributed by atoms with Gasteiger partial charge in [0.15, 0.2) is 4.77 Å². The summed E-state index contributed by atoms with van der Waals surface area (Å²) in [5.41, 5.74) is 1.66. The fraction of sp³-hybridized carbons (Fsp3) is 0.154. The Morgan fingerprint density at radius 2 is 1.95 bits per heavy atom. The van der Waals surface area contributed by atoms with Crippen molar-refractivity contribution in [3.05, 3.63) is 45.0 Å². The third-order valence-electron chi connectivity index (χ3n) is 2.71. The Morgan fingerprint density at radius 1 is 1.26 bits per heavy atom. The highest BCUT2D eigenvalue weighted by molar-refractivity contribution is 7.71. The first-order chi connectivity index (χ1) is 9.04. The van der Waals surface area contributed by atoms with Crippen molar-refractivity contribution in [2.45, 2.75) is 0 Å². The molecule has 0 aliphatic rings. The van der Waals surface area contributed by atoms with E-state index < -0.39 is 5.56 Å². The molecule has 0 atom stereocenters. The molecule has 0 unspecified atom stereocenters. The first-order valence-electron chi connectivity index (χ1n) is 5.58. The largest absolute Gasteiger partial charge is 0.377 e. The van der Waals surface area contributed by atoms with Gasteiger partial charge in [0.1, 0.15) is 11.6 Å². The Hall–Kier alpha value is -2.39. The molecule has 0 radical (unpaired) electrons. The highest BCUT2D eigenvalue weighted by Crippen LogP contribution is 2.28. The topological polar surface area (TPSA) is 75.7 Å². The van der Waals surface area contributed by atoms with Gasteiger partial charge in [0.25, 0.3) is 5.56 Å². The molecule has 2 aromatic rings. The van der Waals surface area contributed by atoms with Crippen LogP contribution in [0.1, 0.15) is 5.56 Å². The minimum atomic E-state index is -0.477. The summed E-state index contributed by atoms with van der Waals surface area (Å²) in [5.74, 6) is 0. The normalized spacial score (nSPS) is 9.95. The molecule has 2 rings (SSSR count). The molecule has 0 spiro atoms. The van der Waals surface area contributed by atoms with Gasteiger partial charge in [-0.1, -0.05) is 18.2 Å². The van der Waals surface area contributed by atoms with Crippen LogP contribution in [0.2, 0.25) is 0 Å². The summed E-state index contributed by atoms with van der Waals surface area (Å²) in [6.45, 7) is 0. The van der Waals surface area contributed by atoms with Crippen LogP contribution in [0.3, 0.4) is 0 Å². The van der Waals surface area contributed by atoms with Crippen LogP contribution in [0.4, 0.5) is 5.69 Å². The number of nitriles is 1. The number of rotatable bonds is 2. The Labute approximate surface area is 115 Å². The van der Waals surface area contributed by atoms with Crippen LogP contribution < -0.4 is 10.5 Å². The summed E-state index contributed by atoms with van der Waals surface area (Å²) in [5, 5.41) is 9.14. The first-order valence-corrected chi connectivity index (χ1v) is 5.99. The van der Waals surface area contributed by atoms with Gasteiger partial charge in [0.05, 0.1) is 5.69 Å². The van der Waals surface area contributed by atoms with Crippen molar-refractivity contribution in [1.82, 2.24) is 9.97 Å². The van der Waals surface area contributed by atoms with E-state index in [1.54, 1.807) is 0 Å². The summed E-state index contributed by atoms with van der Waals surface area (Å²) >= 11 is 4.97. The predicted octanol–water partition coefficient (Wildman–Crippen LogP) is 2.04. The van der Waals surface area contributed by atoms with Crippen LogP contribution in [-0.2, 0) is 0 Å². The SMILES string of the molecule is CN(C)c1ccccc1-c1[nH]c(=S)[nH]c(=O)c1C#N. The number of hydrogen-bond acceptors (Lipinski definition) is 4. The third kappa shape index (κ3) is 2.41. The molecular weight excluding hydrogens is 260 g/mol. The van der Waals surface area contributed by atoms with Crippen LogP contribution in [0.25, 0.3) is 11.3 Å². The second kappa shape index (κ2) is 5.08. The fourth-order valence-corrected chi connectivity index (χ4v) is 2.06. The lowest BCUT2D eigenvalue weighted by atomic mass is 10.1. The van der Waals surface area contributed by atoms with Gasteiger partial charge in [0.2, 0.25) is 0 Å². The molecule has 19 heavy (non-hydrogen) atoms. The maximum Gasteiger partial charge on any atom is 0.270 e. The lowest BCUT2D eigenvalue weighted by Gasteiger charge is -2.17. The number of benzene rings is 1. The average Bonchev–Trinajstić information content (AvgIpc) is 2.37. The zero-order valence-corrected chi connectivity index (χ0v) is 11.3. The van der Waals surface area contributed by atoms with Crippen molar-refractivity contribution in [2.75, 3.05) is 19.0 Å². The number of aromatic nitrogens is 2. The lowest BCUT2D eigenvalue weighted by Crippen LogP contribution is -2.15. The van der Waals surface area contributed by atoms with Gasteiger partial charge in [-0.05, 0) is 18.3 Å². The number of hydrogen-bond donors (Lipinski definition) is 2.